The summed E-state index contributed by atoms with van der Waals surface area (Å²) in [5.74, 6) is 0.815. The van der Waals surface area contributed by atoms with Crippen LogP contribution in [0.2, 0.25) is 0 Å². The van der Waals surface area contributed by atoms with Gasteiger partial charge in [0.15, 0.2) is 11.5 Å². The summed E-state index contributed by atoms with van der Waals surface area (Å²) in [5, 5.41) is 0. The molecule has 0 unspecified atom stereocenters. The van der Waals surface area contributed by atoms with Gasteiger partial charge in [-0.1, -0.05) is 36.4 Å². The Labute approximate surface area is 132 Å². The average Bonchev–Trinajstić information content (AvgIpc) is 2.52. The molecule has 0 saturated heterocycles. The third kappa shape index (κ3) is 5.17. The zero-order valence-corrected chi connectivity index (χ0v) is 12.6. The first-order valence-corrected chi connectivity index (χ1v) is 7.06. The Bertz CT molecular complexity index is 629. The van der Waals surface area contributed by atoms with Crippen molar-refractivity contribution in [3.8, 4) is 11.5 Å². The van der Waals surface area contributed by atoms with E-state index in [0.29, 0.717) is 17.1 Å². The van der Waals surface area contributed by atoms with Gasteiger partial charge in [-0.25, -0.2) is 0 Å². The van der Waals surface area contributed by atoms with Gasteiger partial charge < -0.3 is 15.2 Å². The van der Waals surface area contributed by atoms with Crippen LogP contribution in [0.4, 0.5) is 13.2 Å². The first-order valence-electron chi connectivity index (χ1n) is 7.06. The molecule has 124 valence electrons. The van der Waals surface area contributed by atoms with E-state index in [4.69, 9.17) is 15.2 Å². The van der Waals surface area contributed by atoms with Gasteiger partial charge in [-0.2, -0.15) is 13.2 Å². The van der Waals surface area contributed by atoms with Crippen molar-refractivity contribution in [2.45, 2.75) is 25.2 Å². The minimum Gasteiger partial charge on any atom is -0.493 e. The molecule has 2 aromatic carbocycles. The fourth-order valence-corrected chi connectivity index (χ4v) is 2.14. The summed E-state index contributed by atoms with van der Waals surface area (Å²) in [6.07, 6.45) is -5.40. The van der Waals surface area contributed by atoms with Gasteiger partial charge in [0.1, 0.15) is 6.61 Å². The number of alkyl halides is 3. The predicted molar refractivity (Wildman–Crippen MR) is 81.4 cm³/mol. The van der Waals surface area contributed by atoms with Crippen molar-refractivity contribution in [2.75, 3.05) is 7.11 Å². The maximum Gasteiger partial charge on any atom is 0.390 e. The Morgan fingerprint density at radius 1 is 1.04 bits per heavy atom. The number of rotatable bonds is 6. The molecule has 0 amide bonds. The summed E-state index contributed by atoms with van der Waals surface area (Å²) in [5.41, 5.74) is 6.93. The summed E-state index contributed by atoms with van der Waals surface area (Å²) in [7, 11) is 1.47. The number of hydrogen-bond donors (Lipinski definition) is 1. The summed E-state index contributed by atoms with van der Waals surface area (Å²) >= 11 is 0. The van der Waals surface area contributed by atoms with Gasteiger partial charge in [-0.05, 0) is 23.3 Å². The second kappa shape index (κ2) is 7.37. The van der Waals surface area contributed by atoms with E-state index in [9.17, 15) is 13.2 Å². The smallest absolute Gasteiger partial charge is 0.390 e. The largest absolute Gasteiger partial charge is 0.493 e. The quantitative estimate of drug-likeness (QED) is 0.864. The molecule has 0 aliphatic carbocycles. The van der Waals surface area contributed by atoms with Gasteiger partial charge in [-0.3, -0.25) is 0 Å². The Morgan fingerprint density at radius 3 is 2.35 bits per heavy atom. The number of halogens is 3. The molecule has 0 aliphatic rings. The molecular formula is C17H18F3NO2. The molecule has 0 saturated carbocycles. The lowest BCUT2D eigenvalue weighted by atomic mass is 10.0. The van der Waals surface area contributed by atoms with Crippen LogP contribution in [0.25, 0.3) is 0 Å². The number of nitrogens with two attached hydrogens (primary N) is 1. The van der Waals surface area contributed by atoms with Crippen molar-refractivity contribution >= 4 is 0 Å². The zero-order valence-electron chi connectivity index (χ0n) is 12.6. The molecule has 0 spiro atoms. The maximum atomic E-state index is 12.5. The van der Waals surface area contributed by atoms with Crippen molar-refractivity contribution in [1.29, 1.82) is 0 Å². The van der Waals surface area contributed by atoms with Crippen molar-refractivity contribution in [2.24, 2.45) is 5.73 Å². The highest BCUT2D eigenvalue weighted by Crippen LogP contribution is 2.34. The fraction of sp³-hybridized carbons (Fsp3) is 0.294. The van der Waals surface area contributed by atoms with Crippen LogP contribution in [0, 0.1) is 0 Å². The molecule has 2 rings (SSSR count). The van der Waals surface area contributed by atoms with E-state index in [2.05, 4.69) is 0 Å². The van der Waals surface area contributed by atoms with Gasteiger partial charge in [0.05, 0.1) is 13.5 Å². The fourth-order valence-electron chi connectivity index (χ4n) is 2.14. The minimum absolute atomic E-state index is 0.287. The van der Waals surface area contributed by atoms with Crippen molar-refractivity contribution < 1.29 is 22.6 Å². The zero-order chi connectivity index (χ0) is 16.9. The molecule has 0 radical (unpaired) electrons. The van der Waals surface area contributed by atoms with E-state index in [0.717, 1.165) is 5.56 Å². The second-order valence-corrected chi connectivity index (χ2v) is 5.11. The highest BCUT2D eigenvalue weighted by atomic mass is 19.4. The van der Waals surface area contributed by atoms with Crippen molar-refractivity contribution in [3.63, 3.8) is 0 Å². The van der Waals surface area contributed by atoms with E-state index in [1.807, 2.05) is 30.3 Å². The molecule has 3 nitrogen and oxygen atoms in total. The van der Waals surface area contributed by atoms with Crippen molar-refractivity contribution in [3.05, 3.63) is 59.7 Å². The average molecular weight is 325 g/mol. The van der Waals surface area contributed by atoms with E-state index < -0.39 is 18.6 Å². The van der Waals surface area contributed by atoms with Crippen LogP contribution < -0.4 is 15.2 Å². The molecule has 0 bridgehead atoms. The first kappa shape index (κ1) is 17.1. The number of hydrogen-bond acceptors (Lipinski definition) is 3. The highest BCUT2D eigenvalue weighted by Gasteiger charge is 2.31. The maximum absolute atomic E-state index is 12.5. The summed E-state index contributed by atoms with van der Waals surface area (Å²) in [4.78, 5) is 0. The van der Waals surface area contributed by atoms with E-state index in [1.165, 1.54) is 19.2 Å². The van der Waals surface area contributed by atoms with Crippen LogP contribution in [-0.2, 0) is 6.61 Å². The third-order valence-electron chi connectivity index (χ3n) is 3.30. The Balaban J connectivity index is 2.15. The molecule has 1 atom stereocenters. The monoisotopic (exact) mass is 325 g/mol. The Kier molecular flexibility index (Phi) is 5.50. The number of methoxy groups -OCH3 is 1. The lowest BCUT2D eigenvalue weighted by Crippen LogP contribution is -2.20. The van der Waals surface area contributed by atoms with Crippen LogP contribution in [0.5, 0.6) is 11.5 Å². The third-order valence-corrected chi connectivity index (χ3v) is 3.30. The SMILES string of the molecule is COc1ccc([C@H](N)CC(F)(F)F)cc1OCc1ccccc1. The molecule has 23 heavy (non-hydrogen) atoms. The first-order chi connectivity index (χ1) is 10.9. The van der Waals surface area contributed by atoms with Crippen LogP contribution in [0.15, 0.2) is 48.5 Å². The van der Waals surface area contributed by atoms with E-state index in [-0.39, 0.29) is 6.61 Å². The number of ether oxygens (including phenoxy) is 2. The topological polar surface area (TPSA) is 44.5 Å². The van der Waals surface area contributed by atoms with Gasteiger partial charge in [0, 0.05) is 6.04 Å². The standard InChI is InChI=1S/C17H18F3NO2/c1-22-15-8-7-13(14(21)10-17(18,19)20)9-16(15)23-11-12-5-3-2-4-6-12/h2-9,14H,10-11,21H2,1H3/t14-/m1/s1. The molecular weight excluding hydrogens is 307 g/mol. The van der Waals surface area contributed by atoms with Crippen LogP contribution in [0.1, 0.15) is 23.6 Å². The Morgan fingerprint density at radius 2 is 1.74 bits per heavy atom. The van der Waals surface area contributed by atoms with Crippen LogP contribution in [0.3, 0.4) is 0 Å². The summed E-state index contributed by atoms with van der Waals surface area (Å²) in [6, 6.07) is 12.9. The summed E-state index contributed by atoms with van der Waals surface area (Å²) in [6.45, 7) is 0.287. The molecule has 0 aliphatic heterocycles. The van der Waals surface area contributed by atoms with Crippen LogP contribution in [-0.4, -0.2) is 13.3 Å². The molecule has 6 heteroatoms. The van der Waals surface area contributed by atoms with Gasteiger partial charge in [0.25, 0.3) is 0 Å². The predicted octanol–water partition coefficient (Wildman–Crippen LogP) is 4.23. The van der Waals surface area contributed by atoms with Gasteiger partial charge in [-0.15, -0.1) is 0 Å². The highest BCUT2D eigenvalue weighted by molar-refractivity contribution is 5.44. The second-order valence-electron chi connectivity index (χ2n) is 5.11. The Hall–Kier alpha value is -2.21. The lowest BCUT2D eigenvalue weighted by molar-refractivity contribution is -0.138. The van der Waals surface area contributed by atoms with E-state index in [1.54, 1.807) is 6.07 Å². The van der Waals surface area contributed by atoms with Crippen LogP contribution >= 0.6 is 0 Å². The lowest BCUT2D eigenvalue weighted by Gasteiger charge is -2.17. The molecule has 2 aromatic rings. The number of benzene rings is 2. The molecule has 0 aromatic heterocycles. The molecule has 2 N–H and O–H groups in total. The summed E-state index contributed by atoms with van der Waals surface area (Å²) < 4.78 is 48.3. The molecule has 0 heterocycles. The molecule has 0 fully saturated rings. The van der Waals surface area contributed by atoms with E-state index >= 15 is 0 Å². The normalized spacial score (nSPS) is 12.7. The van der Waals surface area contributed by atoms with Crippen molar-refractivity contribution in [1.82, 2.24) is 0 Å². The van der Waals surface area contributed by atoms with Gasteiger partial charge in [0.2, 0.25) is 0 Å². The minimum atomic E-state index is -4.32. The van der Waals surface area contributed by atoms with Gasteiger partial charge >= 0.3 is 6.18 Å².